The second kappa shape index (κ2) is 11.5. The molecule has 0 N–H and O–H groups in total. The van der Waals surface area contributed by atoms with E-state index in [0.717, 1.165) is 72.0 Å². The van der Waals surface area contributed by atoms with Gasteiger partial charge in [-0.15, -0.1) is 11.3 Å². The first-order valence-corrected chi connectivity index (χ1v) is 13.7. The van der Waals surface area contributed by atoms with E-state index >= 15 is 0 Å². The number of methoxy groups -OCH3 is 1. The van der Waals surface area contributed by atoms with Gasteiger partial charge in [-0.05, 0) is 67.6 Å². The molecule has 2 aromatic carbocycles. The van der Waals surface area contributed by atoms with Crippen LogP contribution in [-0.4, -0.2) is 57.2 Å². The molecule has 1 aromatic heterocycles. The summed E-state index contributed by atoms with van der Waals surface area (Å²) in [6.45, 7) is 5.36. The van der Waals surface area contributed by atoms with Gasteiger partial charge >= 0.3 is 0 Å². The van der Waals surface area contributed by atoms with Gasteiger partial charge in [-0.25, -0.2) is 0 Å². The van der Waals surface area contributed by atoms with E-state index in [1.54, 1.807) is 18.4 Å². The number of ether oxygens (including phenoxy) is 3. The fraction of sp³-hybridized carbons (Fsp3) is 0.483. The lowest BCUT2D eigenvalue weighted by Gasteiger charge is -2.26. The Morgan fingerprint density at radius 1 is 1.03 bits per heavy atom. The fourth-order valence-electron chi connectivity index (χ4n) is 5.26. The zero-order valence-corrected chi connectivity index (χ0v) is 21.4. The molecule has 3 aromatic rings. The number of carbonyl (C=O) groups excluding carboxylic acids is 1. The molecule has 0 atom stereocenters. The van der Waals surface area contributed by atoms with Crippen molar-refractivity contribution < 1.29 is 19.0 Å². The van der Waals surface area contributed by atoms with Crippen molar-refractivity contribution in [3.8, 4) is 11.5 Å². The lowest BCUT2D eigenvalue weighted by atomic mass is 9.85. The first kappa shape index (κ1) is 24.3. The number of morpholine rings is 1. The quantitative estimate of drug-likeness (QED) is 0.259. The number of hydrogen-bond acceptors (Lipinski definition) is 6. The van der Waals surface area contributed by atoms with E-state index in [9.17, 15) is 4.79 Å². The van der Waals surface area contributed by atoms with Crippen LogP contribution in [0.3, 0.4) is 0 Å². The van der Waals surface area contributed by atoms with E-state index in [2.05, 4.69) is 17.0 Å². The Morgan fingerprint density at radius 2 is 1.77 bits per heavy atom. The zero-order chi connectivity index (χ0) is 24.0. The van der Waals surface area contributed by atoms with Crippen molar-refractivity contribution in [1.29, 1.82) is 0 Å². The number of nitrogens with zero attached hydrogens (tertiary/aromatic N) is 1. The van der Waals surface area contributed by atoms with Gasteiger partial charge in [0.05, 0.1) is 26.9 Å². The van der Waals surface area contributed by atoms with Crippen molar-refractivity contribution in [3.05, 3.63) is 58.5 Å². The van der Waals surface area contributed by atoms with E-state index in [-0.39, 0.29) is 5.78 Å². The van der Waals surface area contributed by atoms with Gasteiger partial charge in [-0.1, -0.05) is 19.3 Å². The van der Waals surface area contributed by atoms with Crippen LogP contribution in [0.15, 0.2) is 42.5 Å². The summed E-state index contributed by atoms with van der Waals surface area (Å²) in [6.07, 6.45) is 7.10. The van der Waals surface area contributed by atoms with Gasteiger partial charge in [-0.2, -0.15) is 0 Å². The highest BCUT2D eigenvalue weighted by molar-refractivity contribution is 7.19. The zero-order valence-electron chi connectivity index (χ0n) is 20.6. The molecule has 0 radical (unpaired) electrons. The van der Waals surface area contributed by atoms with E-state index in [1.165, 1.54) is 37.0 Å². The standard InChI is InChI=1S/C29H35NO4S/c1-32-24-12-13-25-26(20-24)35-29(22-6-3-2-4-7-22)27(25)28(31)21-8-10-23(11-9-21)34-17-5-14-30-15-18-33-19-16-30/h8-13,20,22H,2-7,14-19H2,1H3. The molecule has 0 unspecified atom stereocenters. The van der Waals surface area contributed by atoms with E-state index < -0.39 is 0 Å². The topological polar surface area (TPSA) is 48.0 Å². The Hall–Kier alpha value is -2.41. The highest BCUT2D eigenvalue weighted by atomic mass is 32.1. The Balaban J connectivity index is 1.30. The lowest BCUT2D eigenvalue weighted by Crippen LogP contribution is -2.37. The van der Waals surface area contributed by atoms with Crippen LogP contribution in [0.25, 0.3) is 10.1 Å². The summed E-state index contributed by atoms with van der Waals surface area (Å²) in [5.74, 6) is 2.24. The highest BCUT2D eigenvalue weighted by Crippen LogP contribution is 2.44. The van der Waals surface area contributed by atoms with Crippen LogP contribution in [0.5, 0.6) is 11.5 Å². The van der Waals surface area contributed by atoms with Crippen LogP contribution < -0.4 is 9.47 Å². The largest absolute Gasteiger partial charge is 0.497 e. The van der Waals surface area contributed by atoms with Crippen LogP contribution >= 0.6 is 11.3 Å². The average Bonchev–Trinajstić information content (AvgIpc) is 3.31. The van der Waals surface area contributed by atoms with Crippen molar-refractivity contribution >= 4 is 27.2 Å². The van der Waals surface area contributed by atoms with Crippen LogP contribution in [0.2, 0.25) is 0 Å². The predicted molar refractivity (Wildman–Crippen MR) is 141 cm³/mol. The third kappa shape index (κ3) is 5.71. The van der Waals surface area contributed by atoms with Crippen molar-refractivity contribution in [2.75, 3.05) is 46.6 Å². The second-order valence-electron chi connectivity index (χ2n) is 9.55. The minimum absolute atomic E-state index is 0.112. The molecule has 1 saturated carbocycles. The summed E-state index contributed by atoms with van der Waals surface area (Å²) in [7, 11) is 1.69. The third-order valence-corrected chi connectivity index (χ3v) is 8.55. The maximum absolute atomic E-state index is 13.8. The number of hydrogen-bond donors (Lipinski definition) is 0. The number of fused-ring (bicyclic) bond motifs is 1. The molecule has 2 aliphatic rings. The number of benzene rings is 2. The summed E-state index contributed by atoms with van der Waals surface area (Å²) in [4.78, 5) is 17.5. The Labute approximate surface area is 212 Å². The summed E-state index contributed by atoms with van der Waals surface area (Å²) < 4.78 is 17.9. The summed E-state index contributed by atoms with van der Waals surface area (Å²) >= 11 is 1.77. The molecule has 186 valence electrons. The number of rotatable bonds is 9. The van der Waals surface area contributed by atoms with E-state index in [4.69, 9.17) is 14.2 Å². The smallest absolute Gasteiger partial charge is 0.194 e. The molecule has 6 heteroatoms. The molecular weight excluding hydrogens is 458 g/mol. The van der Waals surface area contributed by atoms with Gasteiger partial charge in [0.25, 0.3) is 0 Å². The third-order valence-electron chi connectivity index (χ3n) is 7.24. The second-order valence-corrected chi connectivity index (χ2v) is 10.6. The molecule has 35 heavy (non-hydrogen) atoms. The number of thiophene rings is 1. The average molecular weight is 494 g/mol. The minimum Gasteiger partial charge on any atom is -0.497 e. The first-order valence-electron chi connectivity index (χ1n) is 12.9. The molecule has 1 saturated heterocycles. The van der Waals surface area contributed by atoms with Crippen molar-refractivity contribution in [2.24, 2.45) is 0 Å². The maximum atomic E-state index is 13.8. The molecular formula is C29H35NO4S. The first-order chi connectivity index (χ1) is 17.2. The van der Waals surface area contributed by atoms with Gasteiger partial charge in [0.2, 0.25) is 0 Å². The van der Waals surface area contributed by atoms with E-state index in [1.807, 2.05) is 30.3 Å². The number of ketones is 1. The molecule has 5 nitrogen and oxygen atoms in total. The summed E-state index contributed by atoms with van der Waals surface area (Å²) in [5, 5.41) is 1.05. The molecule has 0 amide bonds. The van der Waals surface area contributed by atoms with Crippen molar-refractivity contribution in [1.82, 2.24) is 4.90 Å². The monoisotopic (exact) mass is 493 g/mol. The van der Waals surface area contributed by atoms with Crippen LogP contribution in [-0.2, 0) is 4.74 Å². The summed E-state index contributed by atoms with van der Waals surface area (Å²) in [5.41, 5.74) is 1.61. The molecule has 0 spiro atoms. The highest BCUT2D eigenvalue weighted by Gasteiger charge is 2.27. The Bertz CT molecular complexity index is 1130. The van der Waals surface area contributed by atoms with E-state index in [0.29, 0.717) is 12.5 Å². The SMILES string of the molecule is COc1ccc2c(C(=O)c3ccc(OCCCN4CCOCC4)cc3)c(C3CCCCC3)sc2c1. The Kier molecular flexibility index (Phi) is 8.02. The van der Waals surface area contributed by atoms with Gasteiger partial charge in [0.1, 0.15) is 11.5 Å². The van der Waals surface area contributed by atoms with Gasteiger partial charge < -0.3 is 14.2 Å². The fourth-order valence-corrected chi connectivity index (χ4v) is 6.66. The van der Waals surface area contributed by atoms with Crippen LogP contribution in [0.1, 0.15) is 65.2 Å². The molecule has 5 rings (SSSR count). The van der Waals surface area contributed by atoms with Crippen molar-refractivity contribution in [2.45, 2.75) is 44.4 Å². The Morgan fingerprint density at radius 3 is 2.51 bits per heavy atom. The minimum atomic E-state index is 0.112. The summed E-state index contributed by atoms with van der Waals surface area (Å²) in [6, 6.07) is 13.8. The van der Waals surface area contributed by atoms with Gasteiger partial charge in [0.15, 0.2) is 5.78 Å². The van der Waals surface area contributed by atoms with Gasteiger partial charge in [0, 0.05) is 45.7 Å². The molecule has 1 aliphatic heterocycles. The maximum Gasteiger partial charge on any atom is 0.194 e. The van der Waals surface area contributed by atoms with Gasteiger partial charge in [-0.3, -0.25) is 9.69 Å². The molecule has 2 fully saturated rings. The van der Waals surface area contributed by atoms with Crippen LogP contribution in [0.4, 0.5) is 0 Å². The predicted octanol–water partition coefficient (Wildman–Crippen LogP) is 6.29. The molecule has 2 heterocycles. The molecule has 0 bridgehead atoms. The number of carbonyl (C=O) groups is 1. The lowest BCUT2D eigenvalue weighted by molar-refractivity contribution is 0.0358. The molecule has 1 aliphatic carbocycles. The van der Waals surface area contributed by atoms with Crippen LogP contribution in [0, 0.1) is 0 Å². The normalized spacial score (nSPS) is 17.5. The van der Waals surface area contributed by atoms with Crippen molar-refractivity contribution in [3.63, 3.8) is 0 Å².